The van der Waals surface area contributed by atoms with Gasteiger partial charge in [-0.05, 0) is 24.3 Å². The monoisotopic (exact) mass is 341 g/mol. The van der Waals surface area contributed by atoms with Crippen LogP contribution in [0.1, 0.15) is 0 Å². The summed E-state index contributed by atoms with van der Waals surface area (Å²) >= 11 is 6.33. The number of benzene rings is 2. The Balaban J connectivity index is 1.87. The Labute approximate surface area is 142 Å². The van der Waals surface area contributed by atoms with Gasteiger partial charge in [0.15, 0.2) is 17.2 Å². The van der Waals surface area contributed by atoms with Crippen molar-refractivity contribution >= 4 is 39.5 Å². The Morgan fingerprint density at radius 2 is 2.08 bits per heavy atom. The predicted molar refractivity (Wildman–Crippen MR) is 93.9 cm³/mol. The number of hydrogen-bond acceptors (Lipinski definition) is 3. The molecule has 0 saturated heterocycles. The van der Waals surface area contributed by atoms with E-state index in [4.69, 9.17) is 16.3 Å². The summed E-state index contributed by atoms with van der Waals surface area (Å²) in [6.45, 7) is 0. The molecule has 6 heteroatoms. The number of methoxy groups -OCH3 is 1. The van der Waals surface area contributed by atoms with Crippen LogP contribution in [-0.4, -0.2) is 16.5 Å². The first-order valence-corrected chi connectivity index (χ1v) is 7.70. The maximum atomic E-state index is 13.9. The summed E-state index contributed by atoms with van der Waals surface area (Å²) in [5.41, 5.74) is 2.98. The maximum absolute atomic E-state index is 13.9. The number of nitrogens with zero attached hydrogens (tertiary/aromatic N) is 2. The fraction of sp³-hybridized carbons (Fsp3) is 0.0556. The first-order valence-electron chi connectivity index (χ1n) is 7.32. The molecule has 1 N–H and O–H groups in total. The van der Waals surface area contributed by atoms with Gasteiger partial charge in [0.2, 0.25) is 0 Å². The summed E-state index contributed by atoms with van der Waals surface area (Å²) in [5, 5.41) is 4.83. The summed E-state index contributed by atoms with van der Waals surface area (Å²) in [6.07, 6.45) is 3.56. The highest BCUT2D eigenvalue weighted by atomic mass is 35.5. The molecule has 0 spiro atoms. The van der Waals surface area contributed by atoms with Gasteiger partial charge in [-0.25, -0.2) is 9.37 Å². The molecular weight excluding hydrogens is 329 g/mol. The van der Waals surface area contributed by atoms with Gasteiger partial charge in [-0.1, -0.05) is 23.7 Å². The first-order chi connectivity index (χ1) is 11.7. The van der Waals surface area contributed by atoms with Crippen molar-refractivity contribution in [3.63, 3.8) is 0 Å². The van der Waals surface area contributed by atoms with Crippen LogP contribution in [0, 0.1) is 5.82 Å². The Morgan fingerprint density at radius 1 is 1.21 bits per heavy atom. The molecule has 0 radical (unpaired) electrons. The lowest BCUT2D eigenvalue weighted by atomic mass is 10.2. The normalized spacial score (nSPS) is 11.1. The highest BCUT2D eigenvalue weighted by Gasteiger charge is 2.11. The van der Waals surface area contributed by atoms with Crippen LogP contribution in [0.3, 0.4) is 0 Å². The molecule has 4 nitrogen and oxygen atoms in total. The van der Waals surface area contributed by atoms with Gasteiger partial charge in [0.05, 0.1) is 23.3 Å². The minimum atomic E-state index is -0.425. The molecule has 0 aliphatic carbocycles. The number of hydrogen-bond donors (Lipinski definition) is 1. The minimum absolute atomic E-state index is 0.205. The molecule has 24 heavy (non-hydrogen) atoms. The molecule has 0 aliphatic heterocycles. The van der Waals surface area contributed by atoms with Gasteiger partial charge < -0.3 is 10.1 Å². The van der Waals surface area contributed by atoms with E-state index in [1.165, 1.54) is 13.2 Å². The van der Waals surface area contributed by atoms with E-state index in [1.807, 2.05) is 34.9 Å². The fourth-order valence-electron chi connectivity index (χ4n) is 2.80. The van der Waals surface area contributed by atoms with Gasteiger partial charge in [-0.2, -0.15) is 0 Å². The lowest BCUT2D eigenvalue weighted by Crippen LogP contribution is -1.98. The number of para-hydroxylation sites is 1. The van der Waals surface area contributed by atoms with Crippen molar-refractivity contribution in [3.05, 3.63) is 65.7 Å². The number of fused-ring (bicyclic) bond motifs is 3. The van der Waals surface area contributed by atoms with Crippen molar-refractivity contribution in [1.82, 2.24) is 9.38 Å². The summed E-state index contributed by atoms with van der Waals surface area (Å²) in [6, 6.07) is 12.4. The maximum Gasteiger partial charge on any atom is 0.167 e. The zero-order chi connectivity index (χ0) is 16.7. The van der Waals surface area contributed by atoms with E-state index >= 15 is 0 Å². The number of ether oxygens (including phenoxy) is 1. The number of nitrogens with one attached hydrogen (secondary N) is 1. The number of aromatic nitrogens is 2. The molecule has 2 aromatic carbocycles. The largest absolute Gasteiger partial charge is 0.494 e. The molecule has 0 bridgehead atoms. The zero-order valence-electron chi connectivity index (χ0n) is 12.8. The van der Waals surface area contributed by atoms with E-state index < -0.39 is 5.82 Å². The molecule has 120 valence electrons. The molecule has 2 heterocycles. The summed E-state index contributed by atoms with van der Waals surface area (Å²) in [4.78, 5) is 4.39. The second kappa shape index (κ2) is 5.69. The van der Waals surface area contributed by atoms with E-state index in [0.717, 1.165) is 16.6 Å². The van der Waals surface area contributed by atoms with Gasteiger partial charge >= 0.3 is 0 Å². The van der Waals surface area contributed by atoms with E-state index in [2.05, 4.69) is 10.3 Å². The molecule has 2 aromatic heterocycles. The molecule has 4 aromatic rings. The molecule has 4 rings (SSSR count). The topological polar surface area (TPSA) is 38.6 Å². The summed E-state index contributed by atoms with van der Waals surface area (Å²) in [7, 11) is 1.44. The number of rotatable bonds is 3. The number of halogens is 2. The highest BCUT2D eigenvalue weighted by molar-refractivity contribution is 6.35. The van der Waals surface area contributed by atoms with Crippen molar-refractivity contribution in [2.24, 2.45) is 0 Å². The average Bonchev–Trinajstić information content (AvgIpc) is 3.05. The molecule has 0 unspecified atom stereocenters. The van der Waals surface area contributed by atoms with Gasteiger partial charge in [0.1, 0.15) is 0 Å². The third-order valence-corrected chi connectivity index (χ3v) is 4.18. The second-order valence-corrected chi connectivity index (χ2v) is 5.74. The van der Waals surface area contributed by atoms with E-state index in [1.54, 1.807) is 18.3 Å². The molecular formula is C18H13ClFN3O. The first kappa shape index (κ1) is 14.8. The quantitative estimate of drug-likeness (QED) is 0.568. The minimum Gasteiger partial charge on any atom is -0.494 e. The van der Waals surface area contributed by atoms with Crippen LogP contribution >= 0.6 is 11.6 Å². The zero-order valence-corrected chi connectivity index (χ0v) is 13.5. The van der Waals surface area contributed by atoms with Crippen molar-refractivity contribution in [3.8, 4) is 5.75 Å². The van der Waals surface area contributed by atoms with Gasteiger partial charge in [0, 0.05) is 29.5 Å². The van der Waals surface area contributed by atoms with E-state index in [9.17, 15) is 4.39 Å². The van der Waals surface area contributed by atoms with Gasteiger partial charge in [-0.15, -0.1) is 0 Å². The number of imidazole rings is 1. The summed E-state index contributed by atoms with van der Waals surface area (Å²) in [5.74, 6) is -0.220. The van der Waals surface area contributed by atoms with Crippen LogP contribution in [0.4, 0.5) is 15.8 Å². The van der Waals surface area contributed by atoms with Gasteiger partial charge in [-0.3, -0.25) is 4.40 Å². The van der Waals surface area contributed by atoms with Crippen LogP contribution in [0.25, 0.3) is 16.6 Å². The molecule has 0 saturated carbocycles. The second-order valence-electron chi connectivity index (χ2n) is 5.33. The van der Waals surface area contributed by atoms with Crippen LogP contribution in [0.15, 0.2) is 54.9 Å². The lowest BCUT2D eigenvalue weighted by Gasteiger charge is -2.12. The third-order valence-electron chi connectivity index (χ3n) is 3.87. The Bertz CT molecular complexity index is 1060. The van der Waals surface area contributed by atoms with Crippen LogP contribution in [-0.2, 0) is 0 Å². The smallest absolute Gasteiger partial charge is 0.167 e. The highest BCUT2D eigenvalue weighted by Crippen LogP contribution is 2.31. The molecule has 0 atom stereocenters. The van der Waals surface area contributed by atoms with Crippen LogP contribution in [0.5, 0.6) is 5.75 Å². The van der Waals surface area contributed by atoms with E-state index in [-0.39, 0.29) is 5.75 Å². The average molecular weight is 342 g/mol. The van der Waals surface area contributed by atoms with Crippen LogP contribution in [0.2, 0.25) is 5.02 Å². The van der Waals surface area contributed by atoms with E-state index in [0.29, 0.717) is 16.4 Å². The number of pyridine rings is 1. The molecule has 0 aliphatic rings. The standard InChI is InChI=1S/C18H13ClFN3O/c1-24-16-6-5-12(10-14(16)20)22-15-9-11-3-2-4-13(19)17(11)23-8-7-21-18(15)23/h2-10,22H,1H3. The Hall–Kier alpha value is -2.79. The third kappa shape index (κ3) is 2.34. The summed E-state index contributed by atoms with van der Waals surface area (Å²) < 4.78 is 20.8. The van der Waals surface area contributed by atoms with Crippen molar-refractivity contribution in [2.45, 2.75) is 0 Å². The Morgan fingerprint density at radius 3 is 2.88 bits per heavy atom. The van der Waals surface area contributed by atoms with Crippen molar-refractivity contribution in [1.29, 1.82) is 0 Å². The SMILES string of the molecule is COc1ccc(Nc2cc3cccc(Cl)c3n3ccnc23)cc1F. The lowest BCUT2D eigenvalue weighted by molar-refractivity contribution is 0.386. The predicted octanol–water partition coefficient (Wildman–Crippen LogP) is 5.03. The molecule has 0 fully saturated rings. The molecule has 0 amide bonds. The number of anilines is 2. The fourth-order valence-corrected chi connectivity index (χ4v) is 3.07. The van der Waals surface area contributed by atoms with Crippen LogP contribution < -0.4 is 10.1 Å². The Kier molecular flexibility index (Phi) is 3.50. The van der Waals surface area contributed by atoms with Crippen molar-refractivity contribution in [2.75, 3.05) is 12.4 Å². The van der Waals surface area contributed by atoms with Gasteiger partial charge in [0.25, 0.3) is 0 Å². The van der Waals surface area contributed by atoms with Crippen molar-refractivity contribution < 1.29 is 9.13 Å².